The van der Waals surface area contributed by atoms with E-state index in [1.165, 1.54) is 0 Å². The molecule has 1 fully saturated rings. The summed E-state index contributed by atoms with van der Waals surface area (Å²) in [5.41, 5.74) is 0. The van der Waals surface area contributed by atoms with Crippen LogP contribution in [-0.4, -0.2) is 46.4 Å². The summed E-state index contributed by atoms with van der Waals surface area (Å²) in [5.74, 6) is -0.116. The molecule has 1 aliphatic heterocycles. The molecule has 1 saturated heterocycles. The van der Waals surface area contributed by atoms with Crippen LogP contribution < -0.4 is 10.0 Å². The van der Waals surface area contributed by atoms with E-state index in [0.717, 1.165) is 25.9 Å². The molecule has 1 rings (SSSR count). The highest BCUT2D eigenvalue weighted by molar-refractivity contribution is 7.89. The lowest BCUT2D eigenvalue weighted by molar-refractivity contribution is -0.142. The van der Waals surface area contributed by atoms with Crippen LogP contribution in [0.3, 0.4) is 0 Å². The molecule has 18 heavy (non-hydrogen) atoms. The summed E-state index contributed by atoms with van der Waals surface area (Å²) in [4.78, 5) is 11.0. The Hall–Kier alpha value is -0.660. The van der Waals surface area contributed by atoms with Crippen molar-refractivity contribution in [1.29, 1.82) is 0 Å². The van der Waals surface area contributed by atoms with Crippen LogP contribution in [0.15, 0.2) is 0 Å². The lowest BCUT2D eigenvalue weighted by Gasteiger charge is -2.09. The van der Waals surface area contributed by atoms with Gasteiger partial charge in [-0.05, 0) is 38.8 Å². The SMILES string of the molecule is CCOC(=O)CCS(=O)(=O)NCCC1CCNC1. The Morgan fingerprint density at radius 2 is 2.28 bits per heavy atom. The first kappa shape index (κ1) is 15.4. The Bertz CT molecular complexity index is 350. The van der Waals surface area contributed by atoms with Crippen molar-refractivity contribution < 1.29 is 17.9 Å². The van der Waals surface area contributed by atoms with Gasteiger partial charge in [0.05, 0.1) is 18.8 Å². The van der Waals surface area contributed by atoms with Crippen molar-refractivity contribution in [2.75, 3.05) is 32.0 Å². The first-order valence-corrected chi connectivity index (χ1v) is 8.02. The molecule has 0 amide bonds. The van der Waals surface area contributed by atoms with Crippen LogP contribution in [0.2, 0.25) is 0 Å². The molecule has 6 nitrogen and oxygen atoms in total. The maximum Gasteiger partial charge on any atom is 0.306 e. The van der Waals surface area contributed by atoms with E-state index >= 15 is 0 Å². The summed E-state index contributed by atoms with van der Waals surface area (Å²) in [6.07, 6.45) is 1.85. The third-order valence-corrected chi connectivity index (χ3v) is 4.30. The average molecular weight is 278 g/mol. The molecule has 106 valence electrons. The monoisotopic (exact) mass is 278 g/mol. The minimum absolute atomic E-state index is 0.0891. The number of ether oxygens (including phenoxy) is 1. The van der Waals surface area contributed by atoms with Crippen molar-refractivity contribution in [3.63, 3.8) is 0 Å². The van der Waals surface area contributed by atoms with Gasteiger partial charge in [-0.1, -0.05) is 0 Å². The molecular formula is C11H22N2O4S. The number of rotatable bonds is 8. The molecule has 1 unspecified atom stereocenters. The van der Waals surface area contributed by atoms with Crippen molar-refractivity contribution in [3.8, 4) is 0 Å². The fraction of sp³-hybridized carbons (Fsp3) is 0.909. The van der Waals surface area contributed by atoms with Crippen LogP contribution in [0.5, 0.6) is 0 Å². The summed E-state index contributed by atoms with van der Waals surface area (Å²) >= 11 is 0. The van der Waals surface area contributed by atoms with E-state index in [1.807, 2.05) is 0 Å². The van der Waals surface area contributed by atoms with E-state index in [0.29, 0.717) is 12.5 Å². The zero-order chi connectivity index (χ0) is 13.4. The summed E-state index contributed by atoms with van der Waals surface area (Å²) < 4.78 is 30.4. The van der Waals surface area contributed by atoms with Crippen LogP contribution in [-0.2, 0) is 19.6 Å². The van der Waals surface area contributed by atoms with Gasteiger partial charge in [-0.15, -0.1) is 0 Å². The van der Waals surface area contributed by atoms with Gasteiger partial charge in [0.15, 0.2) is 0 Å². The van der Waals surface area contributed by atoms with Crippen LogP contribution in [0.25, 0.3) is 0 Å². The van der Waals surface area contributed by atoms with Crippen molar-refractivity contribution in [2.24, 2.45) is 5.92 Å². The summed E-state index contributed by atoms with van der Waals surface area (Å²) in [6.45, 7) is 4.39. The molecule has 7 heteroatoms. The first-order chi connectivity index (χ1) is 8.53. The van der Waals surface area contributed by atoms with E-state index in [4.69, 9.17) is 0 Å². The summed E-state index contributed by atoms with van der Waals surface area (Å²) in [7, 11) is -3.36. The van der Waals surface area contributed by atoms with Crippen LogP contribution in [0.4, 0.5) is 0 Å². The van der Waals surface area contributed by atoms with Gasteiger partial charge in [-0.25, -0.2) is 13.1 Å². The number of hydrogen-bond donors (Lipinski definition) is 2. The highest BCUT2D eigenvalue weighted by atomic mass is 32.2. The van der Waals surface area contributed by atoms with E-state index < -0.39 is 16.0 Å². The van der Waals surface area contributed by atoms with Crippen molar-refractivity contribution in [3.05, 3.63) is 0 Å². The van der Waals surface area contributed by atoms with Crippen LogP contribution >= 0.6 is 0 Å². The van der Waals surface area contributed by atoms with E-state index in [9.17, 15) is 13.2 Å². The molecule has 0 bridgehead atoms. The Balaban J connectivity index is 2.16. The highest BCUT2D eigenvalue weighted by Gasteiger charge is 2.17. The molecule has 0 spiro atoms. The third kappa shape index (κ3) is 6.32. The average Bonchev–Trinajstić information content (AvgIpc) is 2.80. The number of hydrogen-bond acceptors (Lipinski definition) is 5. The summed E-state index contributed by atoms with van der Waals surface area (Å²) in [6, 6.07) is 0. The highest BCUT2D eigenvalue weighted by Crippen LogP contribution is 2.11. The largest absolute Gasteiger partial charge is 0.466 e. The molecule has 0 saturated carbocycles. The number of sulfonamides is 1. The van der Waals surface area contributed by atoms with Crippen molar-refractivity contribution in [1.82, 2.24) is 10.0 Å². The molecule has 2 N–H and O–H groups in total. The second-order valence-corrected chi connectivity index (χ2v) is 6.34. The Morgan fingerprint density at radius 1 is 1.50 bits per heavy atom. The third-order valence-electron chi connectivity index (χ3n) is 2.92. The van der Waals surface area contributed by atoms with Crippen molar-refractivity contribution in [2.45, 2.75) is 26.2 Å². The Morgan fingerprint density at radius 3 is 2.89 bits per heavy atom. The Labute approximate surface area is 109 Å². The molecule has 0 radical (unpaired) electrons. The minimum Gasteiger partial charge on any atom is -0.466 e. The topological polar surface area (TPSA) is 84.5 Å². The van der Waals surface area contributed by atoms with Gasteiger partial charge in [0.25, 0.3) is 0 Å². The smallest absolute Gasteiger partial charge is 0.306 e. The first-order valence-electron chi connectivity index (χ1n) is 6.37. The molecule has 0 aliphatic carbocycles. The van der Waals surface area contributed by atoms with Crippen LogP contribution in [0.1, 0.15) is 26.2 Å². The molecule has 1 atom stereocenters. The molecular weight excluding hydrogens is 256 g/mol. The van der Waals surface area contributed by atoms with E-state index in [2.05, 4.69) is 14.8 Å². The van der Waals surface area contributed by atoms with Gasteiger partial charge >= 0.3 is 5.97 Å². The second-order valence-electron chi connectivity index (χ2n) is 4.42. The van der Waals surface area contributed by atoms with Crippen LogP contribution in [0, 0.1) is 5.92 Å². The quantitative estimate of drug-likeness (QED) is 0.604. The lowest BCUT2D eigenvalue weighted by Crippen LogP contribution is -2.30. The predicted molar refractivity (Wildman–Crippen MR) is 68.6 cm³/mol. The molecule has 0 aromatic heterocycles. The maximum atomic E-state index is 11.6. The Kier molecular flexibility index (Phi) is 6.59. The van der Waals surface area contributed by atoms with E-state index in [1.54, 1.807) is 6.92 Å². The second kappa shape index (κ2) is 7.70. The fourth-order valence-corrected chi connectivity index (χ4v) is 2.91. The molecule has 0 aromatic rings. The van der Waals surface area contributed by atoms with Gasteiger partial charge in [-0.2, -0.15) is 0 Å². The van der Waals surface area contributed by atoms with Gasteiger partial charge in [0.2, 0.25) is 10.0 Å². The standard InChI is InChI=1S/C11H22N2O4S/c1-2-17-11(14)5-8-18(15,16)13-7-4-10-3-6-12-9-10/h10,12-13H,2-9H2,1H3. The zero-order valence-corrected chi connectivity index (χ0v) is 11.6. The number of nitrogens with one attached hydrogen (secondary N) is 2. The van der Waals surface area contributed by atoms with Gasteiger partial charge in [0.1, 0.15) is 0 Å². The lowest BCUT2D eigenvalue weighted by atomic mass is 10.1. The number of carbonyl (C=O) groups is 1. The zero-order valence-electron chi connectivity index (χ0n) is 10.8. The fourth-order valence-electron chi connectivity index (χ4n) is 1.90. The predicted octanol–water partition coefficient (Wildman–Crippen LogP) is -0.141. The number of esters is 1. The van der Waals surface area contributed by atoms with Crippen molar-refractivity contribution >= 4 is 16.0 Å². The normalized spacial score (nSPS) is 19.9. The molecule has 0 aromatic carbocycles. The van der Waals surface area contributed by atoms with Gasteiger partial charge in [-0.3, -0.25) is 4.79 Å². The van der Waals surface area contributed by atoms with Gasteiger partial charge in [0, 0.05) is 6.54 Å². The van der Waals surface area contributed by atoms with Gasteiger partial charge < -0.3 is 10.1 Å². The van der Waals surface area contributed by atoms with E-state index in [-0.39, 0.29) is 18.8 Å². The number of carbonyl (C=O) groups excluding carboxylic acids is 1. The molecule has 1 heterocycles. The summed E-state index contributed by atoms with van der Waals surface area (Å²) in [5, 5.41) is 3.24. The molecule has 1 aliphatic rings. The minimum atomic E-state index is -3.36. The maximum absolute atomic E-state index is 11.6.